The summed E-state index contributed by atoms with van der Waals surface area (Å²) in [5, 5.41) is 0. The van der Waals surface area contributed by atoms with Crippen LogP contribution in [0.5, 0.6) is 11.6 Å². The van der Waals surface area contributed by atoms with E-state index in [2.05, 4.69) is 9.97 Å². The molecule has 0 saturated heterocycles. The number of aromatic nitrogens is 2. The molecule has 0 spiro atoms. The Kier molecular flexibility index (Phi) is 4.30. The van der Waals surface area contributed by atoms with Crippen molar-refractivity contribution in [3.05, 3.63) is 47.9 Å². The fourth-order valence-electron chi connectivity index (χ4n) is 1.77. The average molecular weight is 259 g/mol. The molecule has 0 radical (unpaired) electrons. The van der Waals surface area contributed by atoms with Crippen molar-refractivity contribution in [2.24, 2.45) is 5.73 Å². The van der Waals surface area contributed by atoms with Crippen LogP contribution in [-0.4, -0.2) is 23.7 Å². The van der Waals surface area contributed by atoms with Crippen molar-refractivity contribution in [3.8, 4) is 11.6 Å². The molecule has 19 heavy (non-hydrogen) atoms. The summed E-state index contributed by atoms with van der Waals surface area (Å²) in [6, 6.07) is 9.08. The van der Waals surface area contributed by atoms with Crippen LogP contribution < -0.4 is 15.2 Å². The first-order valence-corrected chi connectivity index (χ1v) is 6.09. The van der Waals surface area contributed by atoms with Gasteiger partial charge in [-0.05, 0) is 24.6 Å². The van der Waals surface area contributed by atoms with Crippen molar-refractivity contribution in [2.45, 2.75) is 13.0 Å². The molecule has 5 heteroatoms. The van der Waals surface area contributed by atoms with Gasteiger partial charge in [-0.25, -0.2) is 9.97 Å². The first-order chi connectivity index (χ1) is 9.24. The van der Waals surface area contributed by atoms with Crippen molar-refractivity contribution < 1.29 is 9.47 Å². The Bertz CT molecular complexity index is 546. The highest BCUT2D eigenvalue weighted by Gasteiger charge is 2.12. The standard InChI is InChI=1S/C14H17N3O2/c1-3-19-11-6-4-5-10(7-11)14(15)12-8-13(18-2)17-9-16-12/h4-9,14H,3,15H2,1-2H3. The molecule has 1 heterocycles. The third-order valence-electron chi connectivity index (χ3n) is 2.72. The van der Waals surface area contributed by atoms with Crippen LogP contribution in [0.15, 0.2) is 36.7 Å². The maximum absolute atomic E-state index is 6.20. The van der Waals surface area contributed by atoms with Gasteiger partial charge >= 0.3 is 0 Å². The molecule has 100 valence electrons. The summed E-state index contributed by atoms with van der Waals surface area (Å²) >= 11 is 0. The molecule has 0 bridgehead atoms. The predicted octanol–water partition coefficient (Wildman–Crippen LogP) is 1.93. The number of benzene rings is 1. The molecule has 2 rings (SSSR count). The number of hydrogen-bond acceptors (Lipinski definition) is 5. The Morgan fingerprint density at radius 2 is 2.11 bits per heavy atom. The van der Waals surface area contributed by atoms with Gasteiger partial charge in [-0.1, -0.05) is 12.1 Å². The monoisotopic (exact) mass is 259 g/mol. The van der Waals surface area contributed by atoms with Gasteiger partial charge in [0.2, 0.25) is 5.88 Å². The maximum atomic E-state index is 6.20. The molecular weight excluding hydrogens is 242 g/mol. The lowest BCUT2D eigenvalue weighted by Gasteiger charge is -2.13. The summed E-state index contributed by atoms with van der Waals surface area (Å²) in [6.45, 7) is 2.57. The van der Waals surface area contributed by atoms with Gasteiger partial charge in [-0.15, -0.1) is 0 Å². The van der Waals surface area contributed by atoms with E-state index in [1.165, 1.54) is 6.33 Å². The van der Waals surface area contributed by atoms with Crippen LogP contribution >= 0.6 is 0 Å². The van der Waals surface area contributed by atoms with E-state index in [4.69, 9.17) is 15.2 Å². The summed E-state index contributed by atoms with van der Waals surface area (Å²) in [7, 11) is 1.56. The van der Waals surface area contributed by atoms with E-state index < -0.39 is 0 Å². The molecule has 2 aromatic rings. The average Bonchev–Trinajstić information content (AvgIpc) is 2.47. The van der Waals surface area contributed by atoms with Crippen LogP contribution in [0.25, 0.3) is 0 Å². The van der Waals surface area contributed by atoms with Crippen molar-refractivity contribution in [3.63, 3.8) is 0 Å². The van der Waals surface area contributed by atoms with Crippen LogP contribution in [0.4, 0.5) is 0 Å². The molecule has 0 aliphatic heterocycles. The summed E-state index contributed by atoms with van der Waals surface area (Å²) in [5.74, 6) is 1.30. The molecule has 0 aliphatic carbocycles. The topological polar surface area (TPSA) is 70.3 Å². The van der Waals surface area contributed by atoms with Gasteiger partial charge in [0.1, 0.15) is 12.1 Å². The Morgan fingerprint density at radius 1 is 1.26 bits per heavy atom. The summed E-state index contributed by atoms with van der Waals surface area (Å²) in [6.07, 6.45) is 1.44. The number of methoxy groups -OCH3 is 1. The van der Waals surface area contributed by atoms with E-state index in [1.807, 2.05) is 31.2 Å². The van der Waals surface area contributed by atoms with E-state index in [0.29, 0.717) is 18.2 Å². The van der Waals surface area contributed by atoms with Crippen LogP contribution in [0.3, 0.4) is 0 Å². The third kappa shape index (κ3) is 3.20. The number of nitrogens with zero attached hydrogens (tertiary/aromatic N) is 2. The molecule has 1 atom stereocenters. The van der Waals surface area contributed by atoms with Gasteiger partial charge in [0.15, 0.2) is 0 Å². The fraction of sp³-hybridized carbons (Fsp3) is 0.286. The van der Waals surface area contributed by atoms with Gasteiger partial charge in [-0.3, -0.25) is 0 Å². The molecule has 0 amide bonds. The Balaban J connectivity index is 2.27. The molecule has 2 N–H and O–H groups in total. The van der Waals surface area contributed by atoms with Gasteiger partial charge in [0.05, 0.1) is 25.5 Å². The maximum Gasteiger partial charge on any atom is 0.216 e. The predicted molar refractivity (Wildman–Crippen MR) is 72.2 cm³/mol. The molecule has 0 aliphatic rings. The normalized spacial score (nSPS) is 11.9. The van der Waals surface area contributed by atoms with Gasteiger partial charge in [0, 0.05) is 6.07 Å². The van der Waals surface area contributed by atoms with E-state index >= 15 is 0 Å². The van der Waals surface area contributed by atoms with Gasteiger partial charge in [0.25, 0.3) is 0 Å². The lowest BCUT2D eigenvalue weighted by atomic mass is 10.0. The van der Waals surface area contributed by atoms with Gasteiger partial charge in [-0.2, -0.15) is 0 Å². The Hall–Kier alpha value is -2.14. The van der Waals surface area contributed by atoms with Crippen molar-refractivity contribution in [1.29, 1.82) is 0 Å². The lowest BCUT2D eigenvalue weighted by molar-refractivity contribution is 0.340. The zero-order valence-corrected chi connectivity index (χ0v) is 11.0. The highest BCUT2D eigenvalue weighted by molar-refractivity contribution is 5.35. The Labute approximate surface area is 112 Å². The largest absolute Gasteiger partial charge is 0.494 e. The zero-order valence-electron chi connectivity index (χ0n) is 11.0. The molecule has 1 unspecified atom stereocenters. The minimum atomic E-state index is -0.336. The van der Waals surface area contributed by atoms with E-state index in [1.54, 1.807) is 13.2 Å². The summed E-state index contributed by atoms with van der Waals surface area (Å²) in [4.78, 5) is 8.15. The van der Waals surface area contributed by atoms with Crippen LogP contribution in [0, 0.1) is 0 Å². The zero-order chi connectivity index (χ0) is 13.7. The smallest absolute Gasteiger partial charge is 0.216 e. The first kappa shape index (κ1) is 13.3. The number of rotatable bonds is 5. The molecule has 0 saturated carbocycles. The second-order valence-corrected chi connectivity index (χ2v) is 3.97. The second kappa shape index (κ2) is 6.15. The quantitative estimate of drug-likeness (QED) is 0.888. The van der Waals surface area contributed by atoms with Crippen molar-refractivity contribution in [1.82, 2.24) is 9.97 Å². The summed E-state index contributed by atoms with van der Waals surface area (Å²) < 4.78 is 10.5. The Morgan fingerprint density at radius 3 is 2.84 bits per heavy atom. The van der Waals surface area contributed by atoms with E-state index in [-0.39, 0.29) is 6.04 Å². The fourth-order valence-corrected chi connectivity index (χ4v) is 1.77. The molecular formula is C14H17N3O2. The van der Waals surface area contributed by atoms with Crippen molar-refractivity contribution >= 4 is 0 Å². The van der Waals surface area contributed by atoms with Crippen LogP contribution in [0.1, 0.15) is 24.2 Å². The van der Waals surface area contributed by atoms with E-state index in [0.717, 1.165) is 11.3 Å². The number of hydrogen-bond donors (Lipinski definition) is 1. The highest BCUT2D eigenvalue weighted by Crippen LogP contribution is 2.23. The van der Waals surface area contributed by atoms with Gasteiger partial charge < -0.3 is 15.2 Å². The lowest BCUT2D eigenvalue weighted by Crippen LogP contribution is -2.14. The third-order valence-corrected chi connectivity index (χ3v) is 2.72. The minimum Gasteiger partial charge on any atom is -0.494 e. The van der Waals surface area contributed by atoms with Crippen molar-refractivity contribution in [2.75, 3.05) is 13.7 Å². The molecule has 5 nitrogen and oxygen atoms in total. The molecule has 0 fully saturated rings. The molecule has 1 aromatic heterocycles. The minimum absolute atomic E-state index is 0.336. The first-order valence-electron chi connectivity index (χ1n) is 6.09. The van der Waals surface area contributed by atoms with Crippen LogP contribution in [-0.2, 0) is 0 Å². The summed E-state index contributed by atoms with van der Waals surface area (Å²) in [5.41, 5.74) is 7.85. The number of nitrogens with two attached hydrogens (primary N) is 1. The van der Waals surface area contributed by atoms with E-state index in [9.17, 15) is 0 Å². The SMILES string of the molecule is CCOc1cccc(C(N)c2cc(OC)ncn2)c1. The molecule has 1 aromatic carbocycles. The number of ether oxygens (including phenoxy) is 2. The second-order valence-electron chi connectivity index (χ2n) is 3.97. The highest BCUT2D eigenvalue weighted by atomic mass is 16.5. The van der Waals surface area contributed by atoms with Crippen LogP contribution in [0.2, 0.25) is 0 Å².